The fraction of sp³-hybridized carbons (Fsp3) is 0.571. The third kappa shape index (κ3) is 965. The van der Waals surface area contributed by atoms with Gasteiger partial charge in [0.25, 0.3) is 0 Å². The molecule has 0 saturated heterocycles. The number of hydrogen-bond acceptors (Lipinski definition) is 0. The summed E-state index contributed by atoms with van der Waals surface area (Å²) in [6.45, 7) is 127. The van der Waals surface area contributed by atoms with Crippen LogP contribution in [0.2, 0.25) is 0 Å². The molecule has 3 radical (unpaired) electrons. The minimum atomic E-state index is -0.167. The van der Waals surface area contributed by atoms with Gasteiger partial charge in [0.1, 0.15) is 0 Å². The van der Waals surface area contributed by atoms with Crippen LogP contribution in [0.5, 0.6) is 0 Å². The van der Waals surface area contributed by atoms with Crippen LogP contribution in [0.1, 0.15) is 125 Å². The van der Waals surface area contributed by atoms with Crippen molar-refractivity contribution in [2.24, 2.45) is 0 Å². The van der Waals surface area contributed by atoms with Crippen LogP contribution < -0.4 is 0 Å². The van der Waals surface area contributed by atoms with Gasteiger partial charge in [-0.05, 0) is 0 Å². The van der Waals surface area contributed by atoms with Crippen LogP contribution in [0.25, 0.3) is 29.1 Å². The topological polar surface area (TPSA) is 265 Å². The van der Waals surface area contributed by atoms with E-state index in [1.54, 1.807) is 0 Å². The van der Waals surface area contributed by atoms with Gasteiger partial charge in [-0.15, -0.1) is 0 Å². The van der Waals surface area contributed by atoms with E-state index in [1.807, 2.05) is 125 Å². The standard InChI is InChI=1S/6C5H9N.12CO.3V/c6*1-5(2,3)6-4;12*1-2;;;/h6*1-3H3;;;;;;;;;;;;;;;/q;;;;;;;;;;;;;;;;;;;;+2. The van der Waals surface area contributed by atoms with Crippen molar-refractivity contribution in [2.75, 3.05) is 0 Å². The van der Waals surface area contributed by atoms with Gasteiger partial charge in [0, 0.05) is 162 Å². The molecule has 18 nitrogen and oxygen atoms in total. The Morgan fingerprint density at radius 3 is 0.206 bits per heavy atom. The fourth-order valence-electron chi connectivity index (χ4n) is 0. The zero-order valence-corrected chi connectivity index (χ0v) is 43.1. The van der Waals surface area contributed by atoms with Crippen molar-refractivity contribution in [1.82, 2.24) is 0 Å². The summed E-state index contributed by atoms with van der Waals surface area (Å²) in [5.74, 6) is 0. The zero-order valence-electron chi connectivity index (χ0n) is 38.9. The number of nitrogens with zero attached hydrogens (tertiary/aromatic N) is 6. The number of rotatable bonds is 0. The van der Waals surface area contributed by atoms with Crippen LogP contribution in [-0.4, -0.2) is 33.2 Å². The van der Waals surface area contributed by atoms with Crippen molar-refractivity contribution in [2.45, 2.75) is 158 Å². The van der Waals surface area contributed by atoms with Gasteiger partial charge in [-0.25, -0.2) is 39.4 Å². The molecule has 0 spiro atoms. The second-order valence-electron chi connectivity index (χ2n) is 13.7. The van der Waals surface area contributed by atoms with E-state index in [4.69, 9.17) is 95.3 Å². The van der Waals surface area contributed by atoms with E-state index in [1.165, 1.54) is 0 Å². The molecule has 0 saturated carbocycles. The molecule has 63 heavy (non-hydrogen) atoms. The summed E-state index contributed by atoms with van der Waals surface area (Å²) in [5, 5.41) is 0. The fourth-order valence-corrected chi connectivity index (χ4v) is 0. The smallest absolute Gasteiger partial charge is 0 e. The van der Waals surface area contributed by atoms with E-state index in [-0.39, 0.29) is 88.9 Å². The molecule has 0 heterocycles. The van der Waals surface area contributed by atoms with Crippen LogP contribution in [0.4, 0.5) is 0 Å². The first-order valence-electron chi connectivity index (χ1n) is 14.1. The molecule has 0 unspecified atom stereocenters. The maximum Gasteiger partial charge on any atom is 2.00 e. The molecule has 337 valence electrons. The van der Waals surface area contributed by atoms with Gasteiger partial charge in [0.05, 0.1) is 0 Å². The molecule has 0 atom stereocenters. The van der Waals surface area contributed by atoms with Crippen LogP contribution in [0, 0.1) is 119 Å². The van der Waals surface area contributed by atoms with E-state index >= 15 is 0 Å². The zero-order chi connectivity index (χ0) is 55.2. The Hall–Kier alpha value is -4.43. The predicted octanol–water partition coefficient (Wildman–Crippen LogP) is 9.77. The third-order valence-electron chi connectivity index (χ3n) is 2.01. The van der Waals surface area contributed by atoms with E-state index in [0.29, 0.717) is 0 Å². The molecule has 0 fully saturated rings. The molecule has 0 aliphatic heterocycles. The minimum Gasteiger partial charge on any atom is 0 e. The van der Waals surface area contributed by atoms with E-state index in [0.717, 1.165) is 0 Å². The SMILES string of the molecule is [C-]#[N+]C(C)(C)C.[C-]#[N+]C(C)(C)C.[C-]#[N+]C(C)(C)C.[C-]#[N+]C(C)(C)C.[C-]#[N+]C(C)(C)C.[C-]#[N+]C(C)(C)C.[C-]#[O+].[C-]#[O+].[C-]#[O+].[C-]#[O+].[C-]#[O+].[C-]#[O+].[C-]#[O+].[C-]#[O+].[C-]#[O+].[C-]#[O+].[C-]#[O+].[C-]#[O+].[V+2].[V].[V]. The molecule has 0 amide bonds. The van der Waals surface area contributed by atoms with Crippen molar-refractivity contribution in [3.63, 3.8) is 0 Å². The largest absolute Gasteiger partial charge is 2.00 e. The molecule has 0 aromatic rings. The van der Waals surface area contributed by atoms with E-state index < -0.39 is 0 Å². The maximum absolute atomic E-state index is 7.50. The van der Waals surface area contributed by atoms with Gasteiger partial charge in [0.15, 0.2) is 0 Å². The second kappa shape index (κ2) is 131. The summed E-state index contributed by atoms with van der Waals surface area (Å²) >= 11 is 0. The Morgan fingerprint density at radius 1 is 0.190 bits per heavy atom. The summed E-state index contributed by atoms with van der Waals surface area (Å²) in [6, 6.07) is 0. The first-order valence-corrected chi connectivity index (χ1v) is 14.1. The predicted molar refractivity (Wildman–Crippen MR) is 205 cm³/mol. The van der Waals surface area contributed by atoms with Crippen LogP contribution in [-0.2, 0) is 111 Å². The summed E-state index contributed by atoms with van der Waals surface area (Å²) in [6.07, 6.45) is 0. The van der Waals surface area contributed by atoms with Crippen LogP contribution in [0.3, 0.4) is 0 Å². The first-order chi connectivity index (χ1) is 27.4. The van der Waals surface area contributed by atoms with Crippen LogP contribution in [0.15, 0.2) is 0 Å². The summed E-state index contributed by atoms with van der Waals surface area (Å²) in [7, 11) is 0. The van der Waals surface area contributed by atoms with Crippen molar-refractivity contribution < 1.29 is 111 Å². The normalized spacial score (nSPS) is 6.29. The summed E-state index contributed by atoms with van der Waals surface area (Å²) in [4.78, 5) is 19.6. The Balaban J connectivity index is -0.0000000160. The van der Waals surface area contributed by atoms with Gasteiger partial charge in [-0.2, -0.15) is 0 Å². The molecule has 0 aliphatic carbocycles. The molecule has 0 aromatic carbocycles. The molecule has 0 rings (SSSR count). The molecule has 0 aromatic heterocycles. The molecule has 21 heteroatoms. The van der Waals surface area contributed by atoms with Gasteiger partial charge in [-0.1, -0.05) is 0 Å². The first kappa shape index (κ1) is 138. The molecule has 0 bridgehead atoms. The summed E-state index contributed by atoms with van der Waals surface area (Å²) in [5.41, 5.74) is -1.00. The third-order valence-corrected chi connectivity index (χ3v) is 2.01. The minimum absolute atomic E-state index is 0. The van der Waals surface area contributed by atoms with Gasteiger partial charge >= 0.3 is 154 Å². The Labute approximate surface area is 415 Å². The van der Waals surface area contributed by atoms with Crippen molar-refractivity contribution >= 4 is 0 Å². The monoisotopic (exact) mass is 987 g/mol. The maximum atomic E-state index is 7.50. The Kier molecular flexibility index (Phi) is 285. The van der Waals surface area contributed by atoms with Crippen molar-refractivity contribution in [3.8, 4) is 0 Å². The molecular formula is C42H54N6O12V3+2. The quantitative estimate of drug-likeness (QED) is 0.162. The Morgan fingerprint density at radius 2 is 0.206 bits per heavy atom. The van der Waals surface area contributed by atoms with Crippen molar-refractivity contribution in [1.29, 1.82) is 0 Å². The average molecular weight is 988 g/mol. The number of hydrogen-bond donors (Lipinski definition) is 0. The molecular weight excluding hydrogens is 933 g/mol. The van der Waals surface area contributed by atoms with E-state index in [2.05, 4.69) is 109 Å². The van der Waals surface area contributed by atoms with Gasteiger partial charge in [-0.3, -0.25) is 0 Å². The second-order valence-corrected chi connectivity index (χ2v) is 13.7. The van der Waals surface area contributed by atoms with Crippen molar-refractivity contribution in [3.05, 3.63) is 148 Å². The average Bonchev–Trinajstić information content (AvgIpc) is 3.26. The molecule has 0 N–H and O–H groups in total. The van der Waals surface area contributed by atoms with Gasteiger partial charge in [0.2, 0.25) is 33.2 Å². The molecule has 0 aliphatic rings. The summed E-state index contributed by atoms with van der Waals surface area (Å²) < 4.78 is 90.0. The van der Waals surface area contributed by atoms with Crippen LogP contribution >= 0.6 is 0 Å². The van der Waals surface area contributed by atoms with E-state index in [9.17, 15) is 0 Å². The van der Waals surface area contributed by atoms with Gasteiger partial charge < -0.3 is 29.1 Å². The Bertz CT molecular complexity index is 1060.